The van der Waals surface area contributed by atoms with Gasteiger partial charge in [0.1, 0.15) is 5.58 Å². The Morgan fingerprint density at radius 1 is 1.13 bits per heavy atom. The molecule has 1 aliphatic heterocycles. The molecular weight excluding hydrogens is 396 g/mol. The Morgan fingerprint density at radius 3 is 2.52 bits per heavy atom. The number of imide groups is 1. The van der Waals surface area contributed by atoms with Crippen molar-refractivity contribution in [3.63, 3.8) is 0 Å². The molecular formula is C24H24N2O5. The van der Waals surface area contributed by atoms with Crippen LogP contribution in [0, 0.1) is 6.92 Å². The molecule has 4 rings (SSSR count). The van der Waals surface area contributed by atoms with Crippen molar-refractivity contribution in [3.8, 4) is 0 Å². The van der Waals surface area contributed by atoms with Crippen LogP contribution in [-0.4, -0.2) is 23.8 Å². The molecule has 7 heteroatoms. The van der Waals surface area contributed by atoms with Gasteiger partial charge in [0, 0.05) is 29.5 Å². The van der Waals surface area contributed by atoms with Gasteiger partial charge in [-0.2, -0.15) is 0 Å². The van der Waals surface area contributed by atoms with E-state index in [1.165, 1.54) is 4.90 Å². The predicted molar refractivity (Wildman–Crippen MR) is 117 cm³/mol. The van der Waals surface area contributed by atoms with Gasteiger partial charge in [-0.25, -0.2) is 0 Å². The van der Waals surface area contributed by atoms with E-state index >= 15 is 0 Å². The third-order valence-electron chi connectivity index (χ3n) is 5.21. The van der Waals surface area contributed by atoms with Gasteiger partial charge in [0.05, 0.1) is 18.4 Å². The Morgan fingerprint density at radius 2 is 1.84 bits per heavy atom. The van der Waals surface area contributed by atoms with E-state index in [0.29, 0.717) is 22.5 Å². The van der Waals surface area contributed by atoms with E-state index in [1.807, 2.05) is 38.1 Å². The second-order valence-corrected chi connectivity index (χ2v) is 7.84. The Hall–Kier alpha value is -3.45. The molecule has 7 nitrogen and oxygen atoms in total. The maximum Gasteiger partial charge on any atom is 0.291 e. The number of furan rings is 1. The quantitative estimate of drug-likeness (QED) is 0.590. The molecule has 0 atom stereocenters. The summed E-state index contributed by atoms with van der Waals surface area (Å²) in [7, 11) is 0. The summed E-state index contributed by atoms with van der Waals surface area (Å²) in [6.45, 7) is 5.92. The average Bonchev–Trinajstić information content (AvgIpc) is 3.27. The fourth-order valence-corrected chi connectivity index (χ4v) is 3.69. The Bertz CT molecular complexity index is 1160. The van der Waals surface area contributed by atoms with Gasteiger partial charge in [0.25, 0.3) is 5.91 Å². The van der Waals surface area contributed by atoms with E-state index in [2.05, 4.69) is 5.32 Å². The van der Waals surface area contributed by atoms with Gasteiger partial charge >= 0.3 is 0 Å². The molecule has 0 radical (unpaired) electrons. The number of carbonyl (C=O) groups excluding carboxylic acids is 3. The Balaban J connectivity index is 1.60. The monoisotopic (exact) mass is 420 g/mol. The predicted octanol–water partition coefficient (Wildman–Crippen LogP) is 4.57. The molecule has 2 heterocycles. The summed E-state index contributed by atoms with van der Waals surface area (Å²) in [6, 6.07) is 12.5. The van der Waals surface area contributed by atoms with E-state index in [-0.39, 0.29) is 49.0 Å². The van der Waals surface area contributed by atoms with E-state index in [4.69, 9.17) is 9.15 Å². The van der Waals surface area contributed by atoms with Gasteiger partial charge in [-0.3, -0.25) is 19.3 Å². The number of hydrogen-bond donors (Lipinski definition) is 1. The third-order valence-corrected chi connectivity index (χ3v) is 5.21. The van der Waals surface area contributed by atoms with Crippen LogP contribution in [0.15, 0.2) is 46.9 Å². The Kier molecular flexibility index (Phi) is 5.61. The first-order valence-electron chi connectivity index (χ1n) is 10.2. The molecule has 0 saturated carbocycles. The fourth-order valence-electron chi connectivity index (χ4n) is 3.69. The van der Waals surface area contributed by atoms with Crippen LogP contribution in [0.25, 0.3) is 11.0 Å². The molecule has 0 spiro atoms. The summed E-state index contributed by atoms with van der Waals surface area (Å²) in [4.78, 5) is 38.3. The number of ether oxygens (including phenoxy) is 1. The van der Waals surface area contributed by atoms with E-state index < -0.39 is 0 Å². The number of nitrogens with one attached hydrogen (secondary N) is 1. The molecule has 0 unspecified atom stereocenters. The average molecular weight is 420 g/mol. The normalized spacial score (nSPS) is 14.1. The molecule has 3 amide bonds. The lowest BCUT2D eigenvalue weighted by atomic mass is 10.1. The molecule has 1 saturated heterocycles. The highest BCUT2D eigenvalue weighted by Crippen LogP contribution is 2.30. The summed E-state index contributed by atoms with van der Waals surface area (Å²) in [5.74, 6) is -0.601. The number of benzene rings is 2. The van der Waals surface area contributed by atoms with Crippen molar-refractivity contribution >= 4 is 40.1 Å². The van der Waals surface area contributed by atoms with Gasteiger partial charge in [0.2, 0.25) is 11.8 Å². The molecule has 160 valence electrons. The van der Waals surface area contributed by atoms with Crippen LogP contribution in [0.4, 0.5) is 11.4 Å². The molecule has 1 aliphatic rings. The van der Waals surface area contributed by atoms with Crippen molar-refractivity contribution in [1.82, 2.24) is 0 Å². The first kappa shape index (κ1) is 20.8. The molecule has 3 aromatic rings. The lowest BCUT2D eigenvalue weighted by molar-refractivity contribution is -0.121. The van der Waals surface area contributed by atoms with Crippen molar-refractivity contribution < 1.29 is 23.5 Å². The zero-order chi connectivity index (χ0) is 22.1. The van der Waals surface area contributed by atoms with Gasteiger partial charge in [0.15, 0.2) is 5.76 Å². The lowest BCUT2D eigenvalue weighted by Crippen LogP contribution is -2.29. The zero-order valence-corrected chi connectivity index (χ0v) is 17.7. The smallest absolute Gasteiger partial charge is 0.291 e. The van der Waals surface area contributed by atoms with Gasteiger partial charge < -0.3 is 14.5 Å². The van der Waals surface area contributed by atoms with Crippen molar-refractivity contribution in [2.75, 3.05) is 10.2 Å². The summed E-state index contributed by atoms with van der Waals surface area (Å²) >= 11 is 0. The lowest BCUT2D eigenvalue weighted by Gasteiger charge is -2.17. The summed E-state index contributed by atoms with van der Waals surface area (Å²) in [6.07, 6.45) is 0.462. The summed E-state index contributed by atoms with van der Waals surface area (Å²) in [5.41, 5.74) is 3.12. The van der Waals surface area contributed by atoms with Gasteiger partial charge in [-0.15, -0.1) is 0 Å². The van der Waals surface area contributed by atoms with E-state index in [0.717, 1.165) is 10.9 Å². The SMILES string of the molecule is Cc1cc(NC(=O)c2oc3ccccc3c2COC(C)C)ccc1N1C(=O)CCC1=O. The van der Waals surface area contributed by atoms with Crippen molar-refractivity contribution in [1.29, 1.82) is 0 Å². The standard InChI is InChI=1S/C24H24N2O5/c1-14(2)30-13-18-17-6-4-5-7-20(17)31-23(18)24(29)25-16-8-9-19(15(3)12-16)26-21(27)10-11-22(26)28/h4-9,12,14H,10-11,13H2,1-3H3,(H,25,29). The molecule has 1 aromatic heterocycles. The minimum atomic E-state index is -0.390. The van der Waals surface area contributed by atoms with Crippen LogP contribution in [0.2, 0.25) is 0 Å². The number of amides is 3. The van der Waals surface area contributed by atoms with Gasteiger partial charge in [-0.1, -0.05) is 18.2 Å². The second kappa shape index (κ2) is 8.35. The number of carbonyl (C=O) groups is 3. The number of rotatable bonds is 6. The highest BCUT2D eigenvalue weighted by Gasteiger charge is 2.31. The van der Waals surface area contributed by atoms with Crippen LogP contribution in [0.1, 0.15) is 48.4 Å². The topological polar surface area (TPSA) is 88.8 Å². The highest BCUT2D eigenvalue weighted by molar-refractivity contribution is 6.20. The third kappa shape index (κ3) is 4.09. The molecule has 1 N–H and O–H groups in total. The first-order valence-corrected chi connectivity index (χ1v) is 10.2. The molecule has 0 bridgehead atoms. The largest absolute Gasteiger partial charge is 0.451 e. The van der Waals surface area contributed by atoms with E-state index in [1.54, 1.807) is 25.1 Å². The number of hydrogen-bond acceptors (Lipinski definition) is 5. The second-order valence-electron chi connectivity index (χ2n) is 7.84. The molecule has 1 fully saturated rings. The minimum absolute atomic E-state index is 0.00998. The first-order chi connectivity index (χ1) is 14.8. The van der Waals surface area contributed by atoms with Crippen molar-refractivity contribution in [2.45, 2.75) is 46.3 Å². The van der Waals surface area contributed by atoms with E-state index in [9.17, 15) is 14.4 Å². The summed E-state index contributed by atoms with van der Waals surface area (Å²) in [5, 5.41) is 3.69. The maximum atomic E-state index is 13.0. The number of para-hydroxylation sites is 1. The number of anilines is 2. The number of fused-ring (bicyclic) bond motifs is 1. The van der Waals surface area contributed by atoms with Gasteiger partial charge in [-0.05, 0) is 50.6 Å². The van der Waals surface area contributed by atoms with Crippen LogP contribution in [0.3, 0.4) is 0 Å². The maximum absolute atomic E-state index is 13.0. The number of nitrogens with zero attached hydrogens (tertiary/aromatic N) is 1. The van der Waals surface area contributed by atoms with Crippen LogP contribution < -0.4 is 10.2 Å². The van der Waals surface area contributed by atoms with Crippen LogP contribution in [-0.2, 0) is 20.9 Å². The summed E-state index contributed by atoms with van der Waals surface area (Å²) < 4.78 is 11.6. The van der Waals surface area contributed by atoms with Crippen LogP contribution in [0.5, 0.6) is 0 Å². The number of aryl methyl sites for hydroxylation is 1. The van der Waals surface area contributed by atoms with Crippen molar-refractivity contribution in [3.05, 3.63) is 59.4 Å². The van der Waals surface area contributed by atoms with Crippen molar-refractivity contribution in [2.24, 2.45) is 0 Å². The fraction of sp³-hybridized carbons (Fsp3) is 0.292. The van der Waals surface area contributed by atoms with Crippen LogP contribution >= 0.6 is 0 Å². The minimum Gasteiger partial charge on any atom is -0.451 e. The molecule has 2 aromatic carbocycles. The molecule has 0 aliphatic carbocycles. The Labute approximate surface area is 180 Å². The zero-order valence-electron chi connectivity index (χ0n) is 17.7. The molecule has 31 heavy (non-hydrogen) atoms. The highest BCUT2D eigenvalue weighted by atomic mass is 16.5.